The summed E-state index contributed by atoms with van der Waals surface area (Å²) in [5.74, 6) is 1.28. The maximum atomic E-state index is 12.0. The molecule has 3 rings (SSSR count). The van der Waals surface area contributed by atoms with Gasteiger partial charge in [0, 0.05) is 11.1 Å². The number of hydrogen-bond acceptors (Lipinski definition) is 3. The molecule has 118 valence electrons. The zero-order valence-corrected chi connectivity index (χ0v) is 13.3. The Morgan fingerprint density at radius 2 is 1.91 bits per heavy atom. The molecule has 1 heterocycles. The van der Waals surface area contributed by atoms with Gasteiger partial charge in [0.2, 0.25) is 12.7 Å². The highest BCUT2D eigenvalue weighted by molar-refractivity contribution is 6.30. The van der Waals surface area contributed by atoms with Crippen LogP contribution in [0.15, 0.2) is 48.5 Å². The first-order valence-electron chi connectivity index (χ1n) is 7.25. The van der Waals surface area contributed by atoms with Crippen molar-refractivity contribution in [1.82, 2.24) is 5.32 Å². The van der Waals surface area contributed by atoms with Crippen molar-refractivity contribution >= 4 is 23.6 Å². The molecule has 2 aromatic carbocycles. The Labute approximate surface area is 139 Å². The van der Waals surface area contributed by atoms with E-state index in [0.29, 0.717) is 10.8 Å². The number of halogens is 1. The van der Waals surface area contributed by atoms with Crippen molar-refractivity contribution in [3.63, 3.8) is 0 Å². The first-order chi connectivity index (χ1) is 11.1. The van der Waals surface area contributed by atoms with E-state index in [4.69, 9.17) is 21.1 Å². The van der Waals surface area contributed by atoms with E-state index >= 15 is 0 Å². The van der Waals surface area contributed by atoms with E-state index in [-0.39, 0.29) is 18.7 Å². The largest absolute Gasteiger partial charge is 0.454 e. The fourth-order valence-corrected chi connectivity index (χ4v) is 2.40. The zero-order chi connectivity index (χ0) is 16.2. The van der Waals surface area contributed by atoms with Crippen LogP contribution in [-0.2, 0) is 4.79 Å². The summed E-state index contributed by atoms with van der Waals surface area (Å²) in [5, 5.41) is 3.59. The van der Waals surface area contributed by atoms with E-state index in [1.807, 2.05) is 37.3 Å². The SMILES string of the molecule is CC(NC(=O)C=Cc1ccc(Cl)cc1)c1ccc2c(c1)OCO2. The summed E-state index contributed by atoms with van der Waals surface area (Å²) in [4.78, 5) is 12.0. The van der Waals surface area contributed by atoms with Crippen LogP contribution in [0, 0.1) is 0 Å². The number of nitrogens with one attached hydrogen (secondary N) is 1. The molecular formula is C18H16ClNO3. The van der Waals surface area contributed by atoms with E-state index in [1.165, 1.54) is 6.08 Å². The summed E-state index contributed by atoms with van der Waals surface area (Å²) in [6.07, 6.45) is 3.25. The number of benzene rings is 2. The smallest absolute Gasteiger partial charge is 0.244 e. The lowest BCUT2D eigenvalue weighted by Gasteiger charge is -2.13. The number of ether oxygens (including phenoxy) is 2. The summed E-state index contributed by atoms with van der Waals surface area (Å²) in [6, 6.07) is 12.8. The molecule has 0 radical (unpaired) electrons. The number of fused-ring (bicyclic) bond motifs is 1. The van der Waals surface area contributed by atoms with Crippen molar-refractivity contribution in [3.05, 3.63) is 64.7 Å². The van der Waals surface area contributed by atoms with E-state index in [2.05, 4.69) is 5.32 Å². The molecule has 1 amide bonds. The summed E-state index contributed by atoms with van der Waals surface area (Å²) in [7, 11) is 0. The topological polar surface area (TPSA) is 47.6 Å². The highest BCUT2D eigenvalue weighted by Gasteiger charge is 2.16. The van der Waals surface area contributed by atoms with Crippen molar-refractivity contribution in [2.24, 2.45) is 0 Å². The number of amides is 1. The van der Waals surface area contributed by atoms with Crippen molar-refractivity contribution in [1.29, 1.82) is 0 Å². The normalized spacial score (nSPS) is 14.0. The average molecular weight is 330 g/mol. The third-order valence-corrected chi connectivity index (χ3v) is 3.80. The Hall–Kier alpha value is -2.46. The molecule has 1 aliphatic heterocycles. The highest BCUT2D eigenvalue weighted by Crippen LogP contribution is 2.34. The van der Waals surface area contributed by atoms with Gasteiger partial charge in [0.1, 0.15) is 0 Å². The summed E-state index contributed by atoms with van der Waals surface area (Å²) >= 11 is 5.83. The van der Waals surface area contributed by atoms with Gasteiger partial charge < -0.3 is 14.8 Å². The van der Waals surface area contributed by atoms with Gasteiger partial charge in [-0.1, -0.05) is 29.8 Å². The third kappa shape index (κ3) is 3.85. The molecule has 1 N–H and O–H groups in total. The second-order valence-corrected chi connectivity index (χ2v) is 5.66. The first-order valence-corrected chi connectivity index (χ1v) is 7.63. The van der Waals surface area contributed by atoms with Crippen molar-refractivity contribution < 1.29 is 14.3 Å². The van der Waals surface area contributed by atoms with Gasteiger partial charge >= 0.3 is 0 Å². The molecule has 0 saturated heterocycles. The lowest BCUT2D eigenvalue weighted by molar-refractivity contribution is -0.117. The van der Waals surface area contributed by atoms with E-state index in [1.54, 1.807) is 18.2 Å². The molecule has 2 aromatic rings. The standard InChI is InChI=1S/C18H16ClNO3/c1-12(14-5-8-16-17(10-14)23-11-22-16)20-18(21)9-4-13-2-6-15(19)7-3-13/h2-10,12H,11H2,1H3,(H,20,21). The molecule has 5 heteroatoms. The lowest BCUT2D eigenvalue weighted by Crippen LogP contribution is -2.24. The summed E-state index contributed by atoms with van der Waals surface area (Å²) < 4.78 is 10.6. The summed E-state index contributed by atoms with van der Waals surface area (Å²) in [5.41, 5.74) is 1.88. The van der Waals surface area contributed by atoms with Gasteiger partial charge in [0.05, 0.1) is 6.04 Å². The van der Waals surface area contributed by atoms with Crippen molar-refractivity contribution in [2.45, 2.75) is 13.0 Å². The fraction of sp³-hybridized carbons (Fsp3) is 0.167. The Morgan fingerprint density at radius 3 is 2.70 bits per heavy atom. The molecule has 0 fully saturated rings. The molecule has 0 aliphatic carbocycles. The predicted molar refractivity (Wildman–Crippen MR) is 89.6 cm³/mol. The minimum atomic E-state index is -0.162. The molecule has 0 spiro atoms. The monoisotopic (exact) mass is 329 g/mol. The van der Waals surface area contributed by atoms with Gasteiger partial charge in [0.15, 0.2) is 11.5 Å². The van der Waals surface area contributed by atoms with Gasteiger partial charge in [0.25, 0.3) is 0 Å². The second kappa shape index (κ2) is 6.75. The zero-order valence-electron chi connectivity index (χ0n) is 12.6. The van der Waals surface area contributed by atoms with Crippen LogP contribution in [0.2, 0.25) is 5.02 Å². The van der Waals surface area contributed by atoms with Gasteiger partial charge in [-0.25, -0.2) is 0 Å². The molecule has 0 bridgehead atoms. The van der Waals surface area contributed by atoms with E-state index in [0.717, 1.165) is 16.9 Å². The number of hydrogen-bond donors (Lipinski definition) is 1. The molecule has 1 atom stereocenters. The molecule has 4 nitrogen and oxygen atoms in total. The third-order valence-electron chi connectivity index (χ3n) is 3.55. The summed E-state index contributed by atoms with van der Waals surface area (Å²) in [6.45, 7) is 2.16. The van der Waals surface area contributed by atoms with Crippen LogP contribution in [-0.4, -0.2) is 12.7 Å². The van der Waals surface area contributed by atoms with Crippen LogP contribution in [0.5, 0.6) is 11.5 Å². The predicted octanol–water partition coefficient (Wildman–Crippen LogP) is 3.96. The maximum absolute atomic E-state index is 12.0. The van der Waals surface area contributed by atoms with Crippen LogP contribution < -0.4 is 14.8 Å². The Morgan fingerprint density at radius 1 is 1.17 bits per heavy atom. The molecule has 0 saturated carbocycles. The minimum absolute atomic E-state index is 0.133. The minimum Gasteiger partial charge on any atom is -0.454 e. The Bertz CT molecular complexity index is 740. The molecule has 23 heavy (non-hydrogen) atoms. The first kappa shape index (κ1) is 15.4. The van der Waals surface area contributed by atoms with Crippen molar-refractivity contribution in [3.8, 4) is 11.5 Å². The van der Waals surface area contributed by atoms with E-state index in [9.17, 15) is 4.79 Å². The molecule has 1 aliphatic rings. The van der Waals surface area contributed by atoms with Crippen LogP contribution in [0.4, 0.5) is 0 Å². The van der Waals surface area contributed by atoms with E-state index < -0.39 is 0 Å². The van der Waals surface area contributed by atoms with Crippen LogP contribution in [0.1, 0.15) is 24.1 Å². The Kier molecular flexibility index (Phi) is 4.53. The van der Waals surface area contributed by atoms with Crippen LogP contribution >= 0.6 is 11.6 Å². The highest BCUT2D eigenvalue weighted by atomic mass is 35.5. The van der Waals surface area contributed by atoms with Gasteiger partial charge in [-0.15, -0.1) is 0 Å². The Balaban J connectivity index is 1.62. The van der Waals surface area contributed by atoms with Gasteiger partial charge in [-0.05, 0) is 48.4 Å². The molecular weight excluding hydrogens is 314 g/mol. The fourth-order valence-electron chi connectivity index (χ4n) is 2.27. The van der Waals surface area contributed by atoms with Gasteiger partial charge in [-0.3, -0.25) is 4.79 Å². The number of carbonyl (C=O) groups excluding carboxylic acids is 1. The van der Waals surface area contributed by atoms with Crippen LogP contribution in [0.3, 0.4) is 0 Å². The maximum Gasteiger partial charge on any atom is 0.244 e. The number of rotatable bonds is 4. The van der Waals surface area contributed by atoms with Gasteiger partial charge in [-0.2, -0.15) is 0 Å². The van der Waals surface area contributed by atoms with Crippen molar-refractivity contribution in [2.75, 3.05) is 6.79 Å². The lowest BCUT2D eigenvalue weighted by atomic mass is 10.1. The quantitative estimate of drug-likeness (QED) is 0.864. The van der Waals surface area contributed by atoms with Crippen LogP contribution in [0.25, 0.3) is 6.08 Å². The second-order valence-electron chi connectivity index (χ2n) is 5.23. The molecule has 0 aromatic heterocycles. The average Bonchev–Trinajstić information content (AvgIpc) is 3.02. The number of carbonyl (C=O) groups is 1. The molecule has 1 unspecified atom stereocenters.